The van der Waals surface area contributed by atoms with E-state index in [1.807, 2.05) is 47.1 Å². The summed E-state index contributed by atoms with van der Waals surface area (Å²) in [5.41, 5.74) is 3.72. The highest BCUT2D eigenvalue weighted by Gasteiger charge is 2.14. The zero-order chi connectivity index (χ0) is 21.6. The number of hydrogen-bond donors (Lipinski definition) is 1. The minimum Gasteiger partial charge on any atom is -0.251 e. The van der Waals surface area contributed by atoms with Gasteiger partial charge in [0.1, 0.15) is 5.82 Å². The number of aryl methyl sites for hydroxylation is 1. The van der Waals surface area contributed by atoms with Crippen molar-refractivity contribution in [3.63, 3.8) is 0 Å². The van der Waals surface area contributed by atoms with E-state index in [4.69, 9.17) is 15.1 Å². The molecule has 8 nitrogen and oxygen atoms in total. The minimum atomic E-state index is 0.526. The molecule has 1 aromatic carbocycles. The Morgan fingerprint density at radius 3 is 2.58 bits per heavy atom. The molecule has 0 aliphatic rings. The van der Waals surface area contributed by atoms with Crippen LogP contribution < -0.4 is 0 Å². The normalized spacial score (nSPS) is 11.4. The van der Waals surface area contributed by atoms with Crippen LogP contribution in [-0.4, -0.2) is 40.4 Å². The number of rotatable bonds is 9. The van der Waals surface area contributed by atoms with Gasteiger partial charge in [-0.15, -0.1) is 5.10 Å². The number of aromatic nitrogens is 8. The fourth-order valence-corrected chi connectivity index (χ4v) is 3.58. The van der Waals surface area contributed by atoms with Gasteiger partial charge in [-0.05, 0) is 34.9 Å². The van der Waals surface area contributed by atoms with Crippen molar-refractivity contribution in [2.24, 2.45) is 5.92 Å². The Morgan fingerprint density at radius 2 is 1.84 bits per heavy atom. The molecular weight excluding hydrogens is 388 g/mol. The smallest absolute Gasteiger partial charge is 0.180 e. The lowest BCUT2D eigenvalue weighted by molar-refractivity contribution is 0.587. The van der Waals surface area contributed by atoms with Gasteiger partial charge in [0.25, 0.3) is 0 Å². The summed E-state index contributed by atoms with van der Waals surface area (Å²) in [5, 5.41) is 19.1. The Balaban J connectivity index is 1.64. The van der Waals surface area contributed by atoms with Crippen LogP contribution in [0.25, 0.3) is 22.6 Å². The fourth-order valence-electron chi connectivity index (χ4n) is 3.58. The molecule has 0 amide bonds. The summed E-state index contributed by atoms with van der Waals surface area (Å²) in [6.45, 7) is 7.18. The standard InChI is InChI=1S/C23H28N8/c1-4-5-13-22-25-21(14-16(2)3)28-31(22)15-17-9-8-12-20(24-17)18-10-6-7-11-19(18)23-26-29-30-27-23/h6-12,16H,4-5,13-15H2,1-3H3,(H,26,27,29,30). The van der Waals surface area contributed by atoms with Crippen molar-refractivity contribution in [1.29, 1.82) is 0 Å². The first-order valence-corrected chi connectivity index (χ1v) is 10.9. The van der Waals surface area contributed by atoms with Crippen LogP contribution in [-0.2, 0) is 19.4 Å². The average molecular weight is 417 g/mol. The van der Waals surface area contributed by atoms with Crippen LogP contribution in [0, 0.1) is 5.92 Å². The molecule has 3 heterocycles. The molecule has 4 aromatic rings. The molecule has 0 atom stereocenters. The molecule has 1 N–H and O–H groups in total. The second-order valence-corrected chi connectivity index (χ2v) is 8.11. The second-order valence-electron chi connectivity index (χ2n) is 8.11. The molecule has 8 heteroatoms. The van der Waals surface area contributed by atoms with Gasteiger partial charge >= 0.3 is 0 Å². The van der Waals surface area contributed by atoms with Crippen molar-refractivity contribution in [3.8, 4) is 22.6 Å². The van der Waals surface area contributed by atoms with Gasteiger partial charge in [-0.2, -0.15) is 5.10 Å². The molecule has 0 spiro atoms. The average Bonchev–Trinajstić information content (AvgIpc) is 3.42. The summed E-state index contributed by atoms with van der Waals surface area (Å²) in [6, 6.07) is 14.1. The molecule has 3 aromatic heterocycles. The number of nitrogens with one attached hydrogen (secondary N) is 1. The van der Waals surface area contributed by atoms with Crippen LogP contribution in [0.1, 0.15) is 51.0 Å². The molecule has 31 heavy (non-hydrogen) atoms. The number of H-pyrrole nitrogens is 1. The molecule has 4 rings (SSSR count). The first-order valence-electron chi connectivity index (χ1n) is 10.9. The number of aromatic amines is 1. The highest BCUT2D eigenvalue weighted by molar-refractivity contribution is 5.78. The first-order chi connectivity index (χ1) is 15.1. The summed E-state index contributed by atoms with van der Waals surface area (Å²) < 4.78 is 2.02. The Labute approximate surface area is 182 Å². The van der Waals surface area contributed by atoms with E-state index in [9.17, 15) is 0 Å². The van der Waals surface area contributed by atoms with E-state index in [2.05, 4.69) is 41.4 Å². The summed E-state index contributed by atoms with van der Waals surface area (Å²) in [4.78, 5) is 9.74. The molecule has 0 radical (unpaired) electrons. The number of hydrogen-bond acceptors (Lipinski definition) is 6. The summed E-state index contributed by atoms with van der Waals surface area (Å²) in [7, 11) is 0. The first kappa shape index (κ1) is 20.8. The van der Waals surface area contributed by atoms with Gasteiger partial charge in [0.15, 0.2) is 11.6 Å². The fraction of sp³-hybridized carbons (Fsp3) is 0.391. The van der Waals surface area contributed by atoms with Gasteiger partial charge in [-0.3, -0.25) is 4.98 Å². The van der Waals surface area contributed by atoms with Gasteiger partial charge in [0, 0.05) is 24.0 Å². The van der Waals surface area contributed by atoms with Gasteiger partial charge in [0.2, 0.25) is 0 Å². The van der Waals surface area contributed by atoms with E-state index >= 15 is 0 Å². The van der Waals surface area contributed by atoms with E-state index < -0.39 is 0 Å². The molecule has 0 saturated heterocycles. The molecule has 0 saturated carbocycles. The molecule has 0 aliphatic carbocycles. The van der Waals surface area contributed by atoms with Crippen LogP contribution >= 0.6 is 0 Å². The third kappa shape index (κ3) is 5.02. The lowest BCUT2D eigenvalue weighted by atomic mass is 10.0. The van der Waals surface area contributed by atoms with E-state index in [1.165, 1.54) is 0 Å². The Kier molecular flexibility index (Phi) is 6.45. The minimum absolute atomic E-state index is 0.526. The summed E-state index contributed by atoms with van der Waals surface area (Å²) in [5.74, 6) is 3.11. The van der Waals surface area contributed by atoms with E-state index in [1.54, 1.807) is 0 Å². The van der Waals surface area contributed by atoms with E-state index in [-0.39, 0.29) is 0 Å². The zero-order valence-electron chi connectivity index (χ0n) is 18.3. The van der Waals surface area contributed by atoms with Crippen molar-refractivity contribution in [2.75, 3.05) is 0 Å². The molecule has 0 bridgehead atoms. The van der Waals surface area contributed by atoms with Crippen molar-refractivity contribution in [3.05, 3.63) is 59.8 Å². The predicted molar refractivity (Wildman–Crippen MR) is 119 cm³/mol. The van der Waals surface area contributed by atoms with Crippen LogP contribution in [0.3, 0.4) is 0 Å². The van der Waals surface area contributed by atoms with Crippen molar-refractivity contribution in [1.82, 2.24) is 40.4 Å². The van der Waals surface area contributed by atoms with Crippen LogP contribution in [0.5, 0.6) is 0 Å². The third-order valence-corrected chi connectivity index (χ3v) is 5.06. The van der Waals surface area contributed by atoms with Gasteiger partial charge in [-0.25, -0.2) is 14.8 Å². The molecule has 0 aliphatic heterocycles. The maximum absolute atomic E-state index is 4.93. The van der Waals surface area contributed by atoms with Gasteiger partial charge < -0.3 is 0 Å². The van der Waals surface area contributed by atoms with Crippen LogP contribution in [0.15, 0.2) is 42.5 Å². The number of unbranched alkanes of at least 4 members (excludes halogenated alkanes) is 1. The monoisotopic (exact) mass is 416 g/mol. The quantitative estimate of drug-likeness (QED) is 0.441. The summed E-state index contributed by atoms with van der Waals surface area (Å²) in [6.07, 6.45) is 4.06. The second kappa shape index (κ2) is 9.59. The number of nitrogens with zero attached hydrogens (tertiary/aromatic N) is 7. The topological polar surface area (TPSA) is 98.1 Å². The lowest BCUT2D eigenvalue weighted by Crippen LogP contribution is -2.09. The van der Waals surface area contributed by atoms with Crippen molar-refractivity contribution >= 4 is 0 Å². The van der Waals surface area contributed by atoms with Crippen LogP contribution in [0.4, 0.5) is 0 Å². The zero-order valence-corrected chi connectivity index (χ0v) is 18.3. The number of pyridine rings is 1. The Hall–Kier alpha value is -3.42. The molecular formula is C23H28N8. The maximum atomic E-state index is 4.93. The van der Waals surface area contributed by atoms with Crippen LogP contribution in [0.2, 0.25) is 0 Å². The van der Waals surface area contributed by atoms with Gasteiger partial charge in [0.05, 0.1) is 17.9 Å². The van der Waals surface area contributed by atoms with Crippen molar-refractivity contribution in [2.45, 2.75) is 53.0 Å². The lowest BCUT2D eigenvalue weighted by Gasteiger charge is -2.09. The van der Waals surface area contributed by atoms with E-state index in [0.717, 1.165) is 59.8 Å². The Bertz CT molecular complexity index is 1110. The van der Waals surface area contributed by atoms with E-state index in [0.29, 0.717) is 18.3 Å². The predicted octanol–water partition coefficient (Wildman–Crippen LogP) is 4.11. The van der Waals surface area contributed by atoms with Crippen molar-refractivity contribution < 1.29 is 0 Å². The highest BCUT2D eigenvalue weighted by atomic mass is 15.5. The Morgan fingerprint density at radius 1 is 1.00 bits per heavy atom. The molecule has 0 unspecified atom stereocenters. The largest absolute Gasteiger partial charge is 0.251 e. The summed E-state index contributed by atoms with van der Waals surface area (Å²) >= 11 is 0. The highest BCUT2D eigenvalue weighted by Crippen LogP contribution is 2.28. The third-order valence-electron chi connectivity index (χ3n) is 5.06. The number of tetrazole rings is 1. The van der Waals surface area contributed by atoms with Gasteiger partial charge in [-0.1, -0.05) is 57.5 Å². The molecule has 160 valence electrons. The maximum Gasteiger partial charge on any atom is 0.180 e. The number of benzene rings is 1. The SMILES string of the molecule is CCCCc1nc(CC(C)C)nn1Cc1cccc(-c2ccccc2-c2nnn[nH]2)n1. The molecule has 0 fully saturated rings.